The first-order valence-electron chi connectivity index (χ1n) is 7.56. The van der Waals surface area contributed by atoms with Crippen molar-refractivity contribution in [1.29, 1.82) is 0 Å². The second-order valence-electron chi connectivity index (χ2n) is 5.32. The SMILES string of the molecule is CCCCC(O)(CCCC)C(=O)NNc1ccc(Br)cc1. The molecule has 0 spiro atoms. The number of hydrogen-bond acceptors (Lipinski definition) is 3. The van der Waals surface area contributed by atoms with Gasteiger partial charge in [-0.3, -0.25) is 15.6 Å². The van der Waals surface area contributed by atoms with Gasteiger partial charge in [0.05, 0.1) is 5.69 Å². The third-order valence-electron chi connectivity index (χ3n) is 3.48. The van der Waals surface area contributed by atoms with Crippen molar-refractivity contribution in [1.82, 2.24) is 5.43 Å². The summed E-state index contributed by atoms with van der Waals surface area (Å²) in [6.45, 7) is 4.11. The summed E-state index contributed by atoms with van der Waals surface area (Å²) in [6.07, 6.45) is 4.59. The molecule has 1 amide bonds. The number of hydrogen-bond donors (Lipinski definition) is 3. The molecular weight excluding hydrogens is 332 g/mol. The maximum Gasteiger partial charge on any atom is 0.270 e. The van der Waals surface area contributed by atoms with Crippen LogP contribution in [-0.4, -0.2) is 16.6 Å². The third-order valence-corrected chi connectivity index (χ3v) is 4.00. The van der Waals surface area contributed by atoms with Gasteiger partial charge in [-0.25, -0.2) is 0 Å². The number of amides is 1. The van der Waals surface area contributed by atoms with Crippen LogP contribution < -0.4 is 10.9 Å². The molecule has 0 atom stereocenters. The van der Waals surface area contributed by atoms with Crippen molar-refractivity contribution < 1.29 is 9.90 Å². The zero-order valence-corrected chi connectivity index (χ0v) is 14.4. The molecule has 0 heterocycles. The summed E-state index contributed by atoms with van der Waals surface area (Å²) in [6, 6.07) is 7.46. The molecule has 1 rings (SSSR count). The van der Waals surface area contributed by atoms with Crippen molar-refractivity contribution in [3.8, 4) is 0 Å². The first kappa shape index (κ1) is 18.0. The molecule has 118 valence electrons. The number of nitrogens with one attached hydrogen (secondary N) is 2. The third kappa shape index (κ3) is 6.06. The minimum Gasteiger partial charge on any atom is -0.380 e. The lowest BCUT2D eigenvalue weighted by Gasteiger charge is -2.27. The Morgan fingerprint density at radius 3 is 2.14 bits per heavy atom. The van der Waals surface area contributed by atoms with Gasteiger partial charge in [0.2, 0.25) is 0 Å². The standard InChI is InChI=1S/C16H25BrN2O2/c1-3-5-11-16(21,12-6-4-2)15(20)19-18-14-9-7-13(17)8-10-14/h7-10,18,21H,3-6,11-12H2,1-2H3,(H,19,20). The van der Waals surface area contributed by atoms with Crippen molar-refractivity contribution in [2.24, 2.45) is 0 Å². The molecule has 0 unspecified atom stereocenters. The van der Waals surface area contributed by atoms with Crippen LogP contribution in [0.4, 0.5) is 5.69 Å². The van der Waals surface area contributed by atoms with E-state index in [1.54, 1.807) is 0 Å². The van der Waals surface area contributed by atoms with Crippen molar-refractivity contribution in [2.45, 2.75) is 58.0 Å². The number of rotatable bonds is 9. The Morgan fingerprint density at radius 2 is 1.67 bits per heavy atom. The van der Waals surface area contributed by atoms with Crippen molar-refractivity contribution in [3.63, 3.8) is 0 Å². The number of carbonyl (C=O) groups excluding carboxylic acids is 1. The highest BCUT2D eigenvalue weighted by atomic mass is 79.9. The van der Waals surface area contributed by atoms with Crippen LogP contribution >= 0.6 is 15.9 Å². The molecule has 0 fully saturated rings. The zero-order chi connectivity index (χ0) is 15.7. The van der Waals surface area contributed by atoms with Gasteiger partial charge >= 0.3 is 0 Å². The fourth-order valence-corrected chi connectivity index (χ4v) is 2.33. The van der Waals surface area contributed by atoms with E-state index < -0.39 is 5.60 Å². The Labute approximate surface area is 135 Å². The van der Waals surface area contributed by atoms with Crippen LogP contribution in [0.1, 0.15) is 52.4 Å². The molecule has 1 aromatic rings. The average Bonchev–Trinajstić information content (AvgIpc) is 2.50. The van der Waals surface area contributed by atoms with Crippen molar-refractivity contribution in [3.05, 3.63) is 28.7 Å². The first-order chi connectivity index (χ1) is 10.0. The summed E-state index contributed by atoms with van der Waals surface area (Å²) >= 11 is 3.36. The number of carbonyl (C=O) groups is 1. The molecule has 0 bridgehead atoms. The van der Waals surface area contributed by atoms with E-state index in [9.17, 15) is 9.90 Å². The zero-order valence-electron chi connectivity index (χ0n) is 12.8. The van der Waals surface area contributed by atoms with E-state index in [0.29, 0.717) is 12.8 Å². The molecule has 0 saturated heterocycles. The summed E-state index contributed by atoms with van der Waals surface area (Å²) in [7, 11) is 0. The van der Waals surface area contributed by atoms with E-state index in [0.717, 1.165) is 35.8 Å². The van der Waals surface area contributed by atoms with Crippen molar-refractivity contribution >= 4 is 27.5 Å². The molecule has 3 N–H and O–H groups in total. The topological polar surface area (TPSA) is 61.4 Å². The van der Waals surface area contributed by atoms with Gasteiger partial charge in [-0.15, -0.1) is 0 Å². The van der Waals surface area contributed by atoms with Gasteiger partial charge in [0.15, 0.2) is 0 Å². The Bertz CT molecular complexity index is 426. The number of unbranched alkanes of at least 4 members (excludes halogenated alkanes) is 2. The average molecular weight is 357 g/mol. The minimum absolute atomic E-state index is 0.354. The van der Waals surface area contributed by atoms with E-state index in [2.05, 4.69) is 40.6 Å². The number of hydrazine groups is 1. The number of benzene rings is 1. The van der Waals surface area contributed by atoms with Crippen LogP contribution in [0, 0.1) is 0 Å². The lowest BCUT2D eigenvalue weighted by molar-refractivity contribution is -0.141. The maximum atomic E-state index is 12.3. The first-order valence-corrected chi connectivity index (χ1v) is 8.35. The monoisotopic (exact) mass is 356 g/mol. The molecule has 0 saturated carbocycles. The minimum atomic E-state index is -1.28. The Kier molecular flexibility index (Phi) is 7.75. The van der Waals surface area contributed by atoms with Gasteiger partial charge in [-0.1, -0.05) is 55.5 Å². The lowest BCUT2D eigenvalue weighted by atomic mass is 9.90. The molecule has 0 aromatic heterocycles. The quantitative estimate of drug-likeness (QED) is 0.586. The largest absolute Gasteiger partial charge is 0.380 e. The van der Waals surface area contributed by atoms with Gasteiger partial charge in [0.25, 0.3) is 5.91 Å². The van der Waals surface area contributed by atoms with Gasteiger partial charge in [0.1, 0.15) is 5.60 Å². The fraction of sp³-hybridized carbons (Fsp3) is 0.562. The van der Waals surface area contributed by atoms with E-state index in [1.807, 2.05) is 24.3 Å². The second kappa shape index (κ2) is 9.05. The summed E-state index contributed by atoms with van der Waals surface area (Å²) in [5.74, 6) is -0.354. The maximum absolute atomic E-state index is 12.3. The predicted molar refractivity (Wildman–Crippen MR) is 89.9 cm³/mol. The van der Waals surface area contributed by atoms with Crippen LogP contribution in [0.3, 0.4) is 0 Å². The molecule has 1 aromatic carbocycles. The summed E-state index contributed by atoms with van der Waals surface area (Å²) in [4.78, 5) is 12.3. The second-order valence-corrected chi connectivity index (χ2v) is 6.24. The predicted octanol–water partition coefficient (Wildman–Crippen LogP) is 4.00. The summed E-state index contributed by atoms with van der Waals surface area (Å²) in [5.41, 5.74) is 4.97. The highest BCUT2D eigenvalue weighted by Gasteiger charge is 2.34. The van der Waals surface area contributed by atoms with E-state index in [1.165, 1.54) is 0 Å². The molecule has 0 aliphatic heterocycles. The molecule has 0 aliphatic rings. The van der Waals surface area contributed by atoms with Crippen LogP contribution in [0.2, 0.25) is 0 Å². The fourth-order valence-electron chi connectivity index (χ4n) is 2.07. The van der Waals surface area contributed by atoms with Crippen LogP contribution in [0.25, 0.3) is 0 Å². The van der Waals surface area contributed by atoms with Crippen LogP contribution in [0.5, 0.6) is 0 Å². The van der Waals surface area contributed by atoms with Crippen LogP contribution in [-0.2, 0) is 4.79 Å². The Morgan fingerprint density at radius 1 is 1.14 bits per heavy atom. The normalized spacial score (nSPS) is 11.2. The highest BCUT2D eigenvalue weighted by Crippen LogP contribution is 2.22. The Hall–Kier alpha value is -1.07. The van der Waals surface area contributed by atoms with Gasteiger partial charge in [-0.2, -0.15) is 0 Å². The van der Waals surface area contributed by atoms with E-state index in [4.69, 9.17) is 0 Å². The molecule has 21 heavy (non-hydrogen) atoms. The molecule has 5 heteroatoms. The van der Waals surface area contributed by atoms with Crippen molar-refractivity contribution in [2.75, 3.05) is 5.43 Å². The number of halogens is 1. The summed E-state index contributed by atoms with van der Waals surface area (Å²) < 4.78 is 0.974. The number of aliphatic hydroxyl groups is 1. The lowest BCUT2D eigenvalue weighted by Crippen LogP contribution is -2.48. The van der Waals surface area contributed by atoms with E-state index in [-0.39, 0.29) is 5.91 Å². The number of anilines is 1. The molecular formula is C16H25BrN2O2. The molecule has 0 aliphatic carbocycles. The summed E-state index contributed by atoms with van der Waals surface area (Å²) in [5, 5.41) is 10.6. The highest BCUT2D eigenvalue weighted by molar-refractivity contribution is 9.10. The van der Waals surface area contributed by atoms with E-state index >= 15 is 0 Å². The van der Waals surface area contributed by atoms with Crippen LogP contribution in [0.15, 0.2) is 28.7 Å². The molecule has 0 radical (unpaired) electrons. The van der Waals surface area contributed by atoms with Gasteiger partial charge in [-0.05, 0) is 37.1 Å². The van der Waals surface area contributed by atoms with Gasteiger partial charge in [0, 0.05) is 4.47 Å². The van der Waals surface area contributed by atoms with Gasteiger partial charge < -0.3 is 5.11 Å². The Balaban J connectivity index is 2.60. The molecule has 4 nitrogen and oxygen atoms in total. The smallest absolute Gasteiger partial charge is 0.270 e.